The summed E-state index contributed by atoms with van der Waals surface area (Å²) < 4.78 is 1.27. The van der Waals surface area contributed by atoms with E-state index in [1.165, 1.54) is 14.6 Å². The second-order valence-electron chi connectivity index (χ2n) is 2.95. The summed E-state index contributed by atoms with van der Waals surface area (Å²) >= 11 is 0.239. The first kappa shape index (κ1) is 10.8. The Morgan fingerprint density at radius 3 is 2.46 bits per heavy atom. The number of hydrogen-bond donors (Lipinski definition) is 0. The van der Waals surface area contributed by atoms with Crippen LogP contribution in [0, 0.1) is 5.92 Å². The molecule has 0 fully saturated rings. The van der Waals surface area contributed by atoms with Gasteiger partial charge in [0.25, 0.3) is 0 Å². The summed E-state index contributed by atoms with van der Waals surface area (Å²) in [6, 6.07) is 10.2. The Hall–Kier alpha value is -0.241. The van der Waals surface area contributed by atoms with Gasteiger partial charge >= 0.3 is 88.5 Å². The average Bonchev–Trinajstić information content (AvgIpc) is 2.15. The van der Waals surface area contributed by atoms with Crippen LogP contribution in [-0.2, 0) is 4.79 Å². The molecule has 0 bridgehead atoms. The van der Waals surface area contributed by atoms with Gasteiger partial charge in [-0.3, -0.25) is 0 Å². The molecule has 0 amide bonds. The minimum absolute atomic E-state index is 0.149. The Balaban J connectivity index is 2.40. The van der Waals surface area contributed by atoms with Crippen molar-refractivity contribution in [2.45, 2.75) is 13.8 Å². The van der Waals surface area contributed by atoms with Crippen molar-refractivity contribution in [3.05, 3.63) is 30.3 Å². The summed E-state index contributed by atoms with van der Waals surface area (Å²) in [6.07, 6.45) is 0. The van der Waals surface area contributed by atoms with Crippen LogP contribution in [0.3, 0.4) is 0 Å². The molecule has 0 saturated heterocycles. The van der Waals surface area contributed by atoms with E-state index in [4.69, 9.17) is 0 Å². The molecule has 0 aromatic heterocycles. The fourth-order valence-electron chi connectivity index (χ4n) is 0.661. The van der Waals surface area contributed by atoms with Crippen LogP contribution < -0.4 is 4.46 Å². The third kappa shape index (κ3) is 3.99. The van der Waals surface area contributed by atoms with E-state index in [1.54, 1.807) is 0 Å². The normalized spacial score (nSPS) is 10.4. The molecule has 13 heavy (non-hydrogen) atoms. The molecule has 0 N–H and O–H groups in total. The second kappa shape index (κ2) is 5.48. The van der Waals surface area contributed by atoms with Gasteiger partial charge in [0.1, 0.15) is 0 Å². The molecule has 1 aromatic rings. The van der Waals surface area contributed by atoms with Crippen LogP contribution >= 0.6 is 10.2 Å². The molecular weight excluding hydrogens is 247 g/mol. The zero-order chi connectivity index (χ0) is 9.68. The number of rotatable bonds is 3. The fourth-order valence-corrected chi connectivity index (χ4v) is 4.51. The van der Waals surface area contributed by atoms with Gasteiger partial charge in [0.05, 0.1) is 0 Å². The third-order valence-corrected chi connectivity index (χ3v) is 5.69. The van der Waals surface area contributed by atoms with Crippen molar-refractivity contribution in [1.29, 1.82) is 0 Å². The average molecular weight is 259 g/mol. The molecule has 1 aromatic carbocycles. The van der Waals surface area contributed by atoms with Crippen LogP contribution in [-0.4, -0.2) is 19.0 Å². The summed E-state index contributed by atoms with van der Waals surface area (Å²) in [7, 11) is 1.46. The summed E-state index contributed by atoms with van der Waals surface area (Å²) in [5, 5.41) is 0.295. The van der Waals surface area contributed by atoms with Gasteiger partial charge in [0.2, 0.25) is 0 Å². The number of carbonyl (C=O) groups excluding carboxylic acids is 1. The van der Waals surface area contributed by atoms with E-state index in [0.717, 1.165) is 0 Å². The summed E-state index contributed by atoms with van der Waals surface area (Å²) in [5.74, 6) is 0.149. The van der Waals surface area contributed by atoms with Gasteiger partial charge in [-0.15, -0.1) is 0 Å². The Labute approximate surface area is 88.5 Å². The topological polar surface area (TPSA) is 17.1 Å². The Kier molecular flexibility index (Phi) is 4.57. The molecule has 0 aliphatic rings. The zero-order valence-corrected chi connectivity index (χ0v) is 10.2. The molecule has 3 heteroatoms. The van der Waals surface area contributed by atoms with Crippen molar-refractivity contribution >= 4 is 33.6 Å². The zero-order valence-electron chi connectivity index (χ0n) is 7.69. The Morgan fingerprint density at radius 1 is 1.31 bits per heavy atom. The summed E-state index contributed by atoms with van der Waals surface area (Å²) in [4.78, 5) is 11.3. The third-order valence-electron chi connectivity index (χ3n) is 1.43. The van der Waals surface area contributed by atoms with Gasteiger partial charge in [-0.2, -0.15) is 0 Å². The van der Waals surface area contributed by atoms with Crippen molar-refractivity contribution in [1.82, 2.24) is 0 Å². The minimum atomic E-state index is 0.149. The Morgan fingerprint density at radius 2 is 1.92 bits per heavy atom. The maximum absolute atomic E-state index is 11.3. The standard InChI is InChI=1S/C10H12OSSe/c1-8(2)10(11)12-13-9-6-4-3-5-7-9/h3-8H,1-2H3. The predicted octanol–water partition coefficient (Wildman–Crippen LogP) is 1.85. The van der Waals surface area contributed by atoms with Gasteiger partial charge in [0, 0.05) is 0 Å². The molecule has 0 spiro atoms. The number of benzene rings is 1. The molecule has 0 aliphatic carbocycles. The van der Waals surface area contributed by atoms with Crippen molar-refractivity contribution in [2.75, 3.05) is 0 Å². The monoisotopic (exact) mass is 260 g/mol. The molecule has 1 rings (SSSR count). The molecule has 0 radical (unpaired) electrons. The van der Waals surface area contributed by atoms with Gasteiger partial charge in [-0.1, -0.05) is 0 Å². The maximum atomic E-state index is 11.3. The second-order valence-corrected chi connectivity index (χ2v) is 6.78. The van der Waals surface area contributed by atoms with Crippen LogP contribution in [0.5, 0.6) is 0 Å². The van der Waals surface area contributed by atoms with Crippen molar-refractivity contribution in [3.8, 4) is 0 Å². The van der Waals surface area contributed by atoms with Crippen molar-refractivity contribution < 1.29 is 4.79 Å². The SMILES string of the molecule is CC(C)C(=O)S[Se]c1ccccc1. The van der Waals surface area contributed by atoms with E-state index in [9.17, 15) is 4.79 Å². The molecule has 70 valence electrons. The van der Waals surface area contributed by atoms with Crippen LogP contribution in [0.15, 0.2) is 30.3 Å². The molecule has 0 atom stereocenters. The van der Waals surface area contributed by atoms with E-state index in [2.05, 4.69) is 12.1 Å². The van der Waals surface area contributed by atoms with E-state index in [-0.39, 0.29) is 19.8 Å². The van der Waals surface area contributed by atoms with E-state index < -0.39 is 0 Å². The molecular formula is C10H12OSSe. The first-order chi connectivity index (χ1) is 6.20. The first-order valence-corrected chi connectivity index (χ1v) is 7.83. The van der Waals surface area contributed by atoms with Crippen LogP contribution in [0.1, 0.15) is 13.8 Å². The van der Waals surface area contributed by atoms with Crippen LogP contribution in [0.25, 0.3) is 0 Å². The van der Waals surface area contributed by atoms with Crippen molar-refractivity contribution in [3.63, 3.8) is 0 Å². The number of carbonyl (C=O) groups is 1. The van der Waals surface area contributed by atoms with Gasteiger partial charge in [0.15, 0.2) is 0 Å². The molecule has 0 unspecified atom stereocenters. The van der Waals surface area contributed by atoms with Gasteiger partial charge in [-0.25, -0.2) is 0 Å². The van der Waals surface area contributed by atoms with E-state index in [1.807, 2.05) is 32.0 Å². The molecule has 0 saturated carbocycles. The predicted molar refractivity (Wildman–Crippen MR) is 59.3 cm³/mol. The summed E-state index contributed by atoms with van der Waals surface area (Å²) in [6.45, 7) is 3.88. The fraction of sp³-hybridized carbons (Fsp3) is 0.300. The van der Waals surface area contributed by atoms with Gasteiger partial charge in [-0.05, 0) is 0 Å². The molecule has 0 heterocycles. The molecule has 1 nitrogen and oxygen atoms in total. The Bertz CT molecular complexity index is 272. The number of hydrogen-bond acceptors (Lipinski definition) is 2. The molecule has 0 aliphatic heterocycles. The summed E-state index contributed by atoms with van der Waals surface area (Å²) in [5.41, 5.74) is 0. The van der Waals surface area contributed by atoms with Crippen molar-refractivity contribution in [2.24, 2.45) is 5.92 Å². The van der Waals surface area contributed by atoms with E-state index in [0.29, 0.717) is 5.12 Å². The van der Waals surface area contributed by atoms with Crippen LogP contribution in [0.2, 0.25) is 0 Å². The van der Waals surface area contributed by atoms with Gasteiger partial charge < -0.3 is 0 Å². The first-order valence-electron chi connectivity index (χ1n) is 4.13. The van der Waals surface area contributed by atoms with Crippen LogP contribution in [0.4, 0.5) is 0 Å². The van der Waals surface area contributed by atoms with E-state index >= 15 is 0 Å². The quantitative estimate of drug-likeness (QED) is 0.771.